The number of hydrogen-bond acceptors (Lipinski definition) is 7. The van der Waals surface area contributed by atoms with Gasteiger partial charge in [-0.2, -0.15) is 5.10 Å². The van der Waals surface area contributed by atoms with E-state index in [1.807, 2.05) is 25.1 Å². The van der Waals surface area contributed by atoms with E-state index in [1.54, 1.807) is 40.6 Å². The maximum Gasteiger partial charge on any atom is 0.251 e. The second kappa shape index (κ2) is 10.5. The second-order valence-corrected chi connectivity index (χ2v) is 10.9. The number of H-pyrrole nitrogens is 1. The summed E-state index contributed by atoms with van der Waals surface area (Å²) in [6.07, 6.45) is 3.74. The van der Waals surface area contributed by atoms with Gasteiger partial charge in [-0.25, -0.2) is 14.4 Å². The molecular formula is C29H26FN7O2S. The SMILES string of the molecule is C=CC(=O)N1CC[C@@H](Nc2n[nH]c3nccc(-c4ccc(CNC(=O)c5ccc6sc(C)nc6c5)c(F)c4)c23)C1. The molecule has 202 valence electrons. The molecule has 0 spiro atoms. The Hall–Kier alpha value is -4.64. The molecule has 3 N–H and O–H groups in total. The number of aromatic nitrogens is 4. The molecule has 1 atom stereocenters. The fraction of sp³-hybridized carbons (Fsp3) is 0.207. The van der Waals surface area contributed by atoms with E-state index in [9.17, 15) is 9.59 Å². The molecule has 0 unspecified atom stereocenters. The van der Waals surface area contributed by atoms with Gasteiger partial charge in [-0.3, -0.25) is 14.7 Å². The van der Waals surface area contributed by atoms with E-state index in [0.717, 1.165) is 32.6 Å². The molecule has 1 fully saturated rings. The van der Waals surface area contributed by atoms with Gasteiger partial charge < -0.3 is 15.5 Å². The van der Waals surface area contributed by atoms with Crippen molar-refractivity contribution in [3.63, 3.8) is 0 Å². The van der Waals surface area contributed by atoms with Crippen LogP contribution in [0.25, 0.3) is 32.4 Å². The highest BCUT2D eigenvalue weighted by Gasteiger charge is 2.26. The number of aromatic amines is 1. The van der Waals surface area contributed by atoms with Gasteiger partial charge in [0.05, 0.1) is 20.6 Å². The van der Waals surface area contributed by atoms with Crippen molar-refractivity contribution in [2.45, 2.75) is 25.9 Å². The summed E-state index contributed by atoms with van der Waals surface area (Å²) in [4.78, 5) is 35.2. The molecule has 40 heavy (non-hydrogen) atoms. The molecular weight excluding hydrogens is 529 g/mol. The van der Waals surface area contributed by atoms with Crippen molar-refractivity contribution in [1.82, 2.24) is 30.4 Å². The minimum absolute atomic E-state index is 0.0198. The second-order valence-electron chi connectivity index (χ2n) is 9.68. The Morgan fingerprint density at radius 1 is 1.25 bits per heavy atom. The van der Waals surface area contributed by atoms with Gasteiger partial charge in [0.25, 0.3) is 5.91 Å². The van der Waals surface area contributed by atoms with Crippen LogP contribution in [0.5, 0.6) is 0 Å². The first-order valence-electron chi connectivity index (χ1n) is 12.8. The van der Waals surface area contributed by atoms with Gasteiger partial charge in [0.2, 0.25) is 5.91 Å². The number of carbonyl (C=O) groups is 2. The van der Waals surface area contributed by atoms with Crippen LogP contribution < -0.4 is 10.6 Å². The maximum absolute atomic E-state index is 15.2. The summed E-state index contributed by atoms with van der Waals surface area (Å²) in [6, 6.07) is 12.2. The van der Waals surface area contributed by atoms with E-state index in [4.69, 9.17) is 0 Å². The van der Waals surface area contributed by atoms with Gasteiger partial charge in [0.15, 0.2) is 11.5 Å². The average Bonchev–Trinajstić information content (AvgIpc) is 3.69. The van der Waals surface area contributed by atoms with Crippen LogP contribution in [-0.4, -0.2) is 56.0 Å². The van der Waals surface area contributed by atoms with Crippen molar-refractivity contribution in [2.75, 3.05) is 18.4 Å². The number of aryl methyl sites for hydroxylation is 1. The molecule has 3 aromatic heterocycles. The van der Waals surface area contributed by atoms with Crippen molar-refractivity contribution in [3.05, 3.63) is 83.3 Å². The summed E-state index contributed by atoms with van der Waals surface area (Å²) >= 11 is 1.57. The van der Waals surface area contributed by atoms with Gasteiger partial charge in [-0.15, -0.1) is 11.3 Å². The Morgan fingerprint density at radius 2 is 2.12 bits per heavy atom. The molecule has 0 aliphatic carbocycles. The van der Waals surface area contributed by atoms with Crippen LogP contribution in [-0.2, 0) is 11.3 Å². The lowest BCUT2D eigenvalue weighted by Gasteiger charge is -2.15. The molecule has 0 bridgehead atoms. The number of benzene rings is 2. The Bertz CT molecular complexity index is 1780. The quantitative estimate of drug-likeness (QED) is 0.248. The Balaban J connectivity index is 1.19. The van der Waals surface area contributed by atoms with Crippen molar-refractivity contribution >= 4 is 50.2 Å². The summed E-state index contributed by atoms with van der Waals surface area (Å²) in [5.41, 5.74) is 3.62. The topological polar surface area (TPSA) is 116 Å². The van der Waals surface area contributed by atoms with Gasteiger partial charge in [-0.05, 0) is 60.9 Å². The molecule has 4 heterocycles. The predicted molar refractivity (Wildman–Crippen MR) is 154 cm³/mol. The van der Waals surface area contributed by atoms with Gasteiger partial charge in [0, 0.05) is 43.0 Å². The highest BCUT2D eigenvalue weighted by molar-refractivity contribution is 7.18. The summed E-state index contributed by atoms with van der Waals surface area (Å²) < 4.78 is 16.3. The lowest BCUT2D eigenvalue weighted by Crippen LogP contribution is -2.30. The minimum atomic E-state index is -0.430. The van der Waals surface area contributed by atoms with Crippen LogP contribution in [0.15, 0.2) is 61.3 Å². The van der Waals surface area contributed by atoms with Gasteiger partial charge >= 0.3 is 0 Å². The first-order valence-corrected chi connectivity index (χ1v) is 13.7. The highest BCUT2D eigenvalue weighted by Crippen LogP contribution is 2.33. The largest absolute Gasteiger partial charge is 0.363 e. The highest BCUT2D eigenvalue weighted by atomic mass is 32.1. The van der Waals surface area contributed by atoms with Crippen molar-refractivity contribution in [1.29, 1.82) is 0 Å². The van der Waals surface area contributed by atoms with Crippen molar-refractivity contribution in [3.8, 4) is 11.1 Å². The van der Waals surface area contributed by atoms with E-state index in [1.165, 1.54) is 12.1 Å². The standard InChI is InChI=1S/C29H26FN7O2S/c1-3-25(38)37-11-9-20(15-37)34-28-26-21(8-10-31-27(26)35-36-28)17-4-5-19(22(30)12-17)14-32-29(39)18-6-7-24-23(13-18)33-16(2)40-24/h3-8,10,12-13,20H,1,9,11,14-15H2,2H3,(H,32,39)(H2,31,34,35,36)/t20-/m1/s1. The predicted octanol–water partition coefficient (Wildman–Crippen LogP) is 4.81. The third-order valence-electron chi connectivity index (χ3n) is 7.04. The zero-order chi connectivity index (χ0) is 27.8. The maximum atomic E-state index is 15.2. The van der Waals surface area contributed by atoms with Crippen LogP contribution >= 0.6 is 11.3 Å². The lowest BCUT2D eigenvalue weighted by molar-refractivity contribution is -0.125. The number of likely N-dealkylation sites (tertiary alicyclic amines) is 1. The van der Waals surface area contributed by atoms with Crippen molar-refractivity contribution in [2.24, 2.45) is 0 Å². The number of amides is 2. The van der Waals surface area contributed by atoms with E-state index < -0.39 is 5.82 Å². The van der Waals surface area contributed by atoms with E-state index in [2.05, 4.69) is 37.4 Å². The van der Waals surface area contributed by atoms with Crippen LogP contribution in [0.3, 0.4) is 0 Å². The lowest BCUT2D eigenvalue weighted by atomic mass is 10.0. The molecule has 1 saturated heterocycles. The number of halogens is 1. The Kier molecular flexibility index (Phi) is 6.72. The number of nitrogens with zero attached hydrogens (tertiary/aromatic N) is 4. The number of anilines is 1. The number of carbonyl (C=O) groups excluding carboxylic acids is 2. The molecule has 9 nitrogen and oxygen atoms in total. The van der Waals surface area contributed by atoms with Crippen LogP contribution in [0.4, 0.5) is 10.2 Å². The fourth-order valence-corrected chi connectivity index (χ4v) is 5.82. The number of nitrogens with one attached hydrogen (secondary N) is 3. The first kappa shape index (κ1) is 25.6. The Labute approximate surface area is 233 Å². The van der Waals surface area contributed by atoms with Gasteiger partial charge in [-0.1, -0.05) is 18.7 Å². The first-order chi connectivity index (χ1) is 19.4. The summed E-state index contributed by atoms with van der Waals surface area (Å²) in [7, 11) is 0. The molecule has 1 aliphatic heterocycles. The normalized spacial score (nSPS) is 15.1. The fourth-order valence-electron chi connectivity index (χ4n) is 5.02. The van der Waals surface area contributed by atoms with Gasteiger partial charge in [0.1, 0.15) is 5.82 Å². The molecule has 11 heteroatoms. The van der Waals surface area contributed by atoms with Crippen molar-refractivity contribution < 1.29 is 14.0 Å². The van der Waals surface area contributed by atoms with Crippen LogP contribution in [0, 0.1) is 12.7 Å². The Morgan fingerprint density at radius 3 is 2.95 bits per heavy atom. The van der Waals surface area contributed by atoms with Crippen LogP contribution in [0.2, 0.25) is 0 Å². The minimum Gasteiger partial charge on any atom is -0.363 e. The number of pyridine rings is 1. The molecule has 2 aromatic carbocycles. The zero-order valence-corrected chi connectivity index (χ0v) is 22.5. The smallest absolute Gasteiger partial charge is 0.251 e. The van der Waals surface area contributed by atoms with E-state index in [0.29, 0.717) is 41.2 Å². The number of thiazole rings is 1. The molecule has 1 aliphatic rings. The molecule has 0 radical (unpaired) electrons. The van der Waals surface area contributed by atoms with Crippen LogP contribution in [0.1, 0.15) is 27.3 Å². The van der Waals surface area contributed by atoms with E-state index >= 15 is 4.39 Å². The molecule has 5 aromatic rings. The third kappa shape index (κ3) is 4.91. The summed E-state index contributed by atoms with van der Waals surface area (Å²) in [6.45, 7) is 6.71. The monoisotopic (exact) mass is 555 g/mol. The molecule has 0 saturated carbocycles. The van der Waals surface area contributed by atoms with E-state index in [-0.39, 0.29) is 24.4 Å². The summed E-state index contributed by atoms with van der Waals surface area (Å²) in [5.74, 6) is -0.220. The number of fused-ring (bicyclic) bond motifs is 2. The third-order valence-corrected chi connectivity index (χ3v) is 7.99. The molecule has 6 rings (SSSR count). The zero-order valence-electron chi connectivity index (χ0n) is 21.7. The molecule has 2 amide bonds. The number of rotatable bonds is 7. The average molecular weight is 556 g/mol. The summed E-state index contributed by atoms with van der Waals surface area (Å²) in [5, 5.41) is 15.2. The number of hydrogen-bond donors (Lipinski definition) is 3.